The normalized spacial score (nSPS) is 20.6. The Labute approximate surface area is 178 Å². The third-order valence-corrected chi connectivity index (χ3v) is 6.97. The number of anilines is 2. The van der Waals surface area contributed by atoms with Crippen molar-refractivity contribution in [1.29, 1.82) is 0 Å². The number of rotatable bonds is 3. The third-order valence-electron chi connectivity index (χ3n) is 5.33. The molecule has 0 bridgehead atoms. The van der Waals surface area contributed by atoms with Gasteiger partial charge in [-0.15, -0.1) is 11.8 Å². The summed E-state index contributed by atoms with van der Waals surface area (Å²) >= 11 is 7.41. The van der Waals surface area contributed by atoms with Crippen molar-refractivity contribution in [3.63, 3.8) is 0 Å². The minimum absolute atomic E-state index is 0.0577. The van der Waals surface area contributed by atoms with Gasteiger partial charge >= 0.3 is 0 Å². The van der Waals surface area contributed by atoms with E-state index in [9.17, 15) is 9.59 Å². The smallest absolute Gasteiger partial charge is 0.269 e. The molecule has 144 valence electrons. The molecule has 5 rings (SSSR count). The summed E-state index contributed by atoms with van der Waals surface area (Å²) < 4.78 is 0. The summed E-state index contributed by atoms with van der Waals surface area (Å²) in [5.41, 5.74) is 3.42. The maximum Gasteiger partial charge on any atom is 0.269 e. The molecular weight excluding hydrogens is 404 g/mol. The Balaban J connectivity index is 1.63. The predicted octanol–water partition coefficient (Wildman–Crippen LogP) is 4.82. The van der Waals surface area contributed by atoms with Crippen molar-refractivity contribution < 1.29 is 9.59 Å². The van der Waals surface area contributed by atoms with E-state index in [2.05, 4.69) is 0 Å². The molecule has 1 saturated heterocycles. The highest BCUT2D eigenvalue weighted by Gasteiger charge is 2.60. The Bertz CT molecular complexity index is 1100. The molecule has 1 unspecified atom stereocenters. The number of fused-ring (bicyclic) bond motifs is 2. The largest absolute Gasteiger partial charge is 0.304 e. The average molecular weight is 421 g/mol. The van der Waals surface area contributed by atoms with Crippen LogP contribution in [0.3, 0.4) is 0 Å². The highest BCUT2D eigenvalue weighted by atomic mass is 35.5. The van der Waals surface area contributed by atoms with Crippen LogP contribution in [0.25, 0.3) is 0 Å². The molecule has 1 atom stereocenters. The quantitative estimate of drug-likeness (QED) is 0.610. The molecule has 2 amide bonds. The van der Waals surface area contributed by atoms with Crippen LogP contribution in [0.2, 0.25) is 5.02 Å². The molecule has 0 saturated carbocycles. The molecule has 6 heteroatoms. The number of thioether (sulfide) groups is 1. The first-order valence-corrected chi connectivity index (χ1v) is 10.7. The van der Waals surface area contributed by atoms with Crippen LogP contribution in [0.4, 0.5) is 11.4 Å². The monoisotopic (exact) mass is 420 g/mol. The minimum atomic E-state index is -1.07. The number of carbonyl (C=O) groups is 2. The Morgan fingerprint density at radius 1 is 0.897 bits per heavy atom. The van der Waals surface area contributed by atoms with Crippen LogP contribution in [0, 0.1) is 0 Å². The molecule has 3 aromatic rings. The molecule has 1 spiro atoms. The molecule has 4 nitrogen and oxygen atoms in total. The van der Waals surface area contributed by atoms with Gasteiger partial charge in [-0.1, -0.05) is 60.1 Å². The number of hydrogen-bond donors (Lipinski definition) is 0. The summed E-state index contributed by atoms with van der Waals surface area (Å²) in [5, 5.41) is 0.658. The third kappa shape index (κ3) is 2.76. The van der Waals surface area contributed by atoms with E-state index in [-0.39, 0.29) is 17.6 Å². The van der Waals surface area contributed by atoms with Gasteiger partial charge in [0.1, 0.15) is 0 Å². The zero-order valence-electron chi connectivity index (χ0n) is 15.4. The van der Waals surface area contributed by atoms with Crippen LogP contribution in [0.5, 0.6) is 0 Å². The summed E-state index contributed by atoms with van der Waals surface area (Å²) in [5.74, 6) is 0.120. The van der Waals surface area contributed by atoms with Gasteiger partial charge in [0.25, 0.3) is 5.91 Å². The number of hydrogen-bond acceptors (Lipinski definition) is 3. The molecule has 29 heavy (non-hydrogen) atoms. The lowest BCUT2D eigenvalue weighted by molar-refractivity contribution is -0.123. The minimum Gasteiger partial charge on any atom is -0.304 e. The van der Waals surface area contributed by atoms with E-state index < -0.39 is 4.87 Å². The van der Waals surface area contributed by atoms with Crippen molar-refractivity contribution in [2.45, 2.75) is 11.4 Å². The van der Waals surface area contributed by atoms with Crippen LogP contribution in [0.1, 0.15) is 11.1 Å². The van der Waals surface area contributed by atoms with Crippen LogP contribution in [-0.4, -0.2) is 17.6 Å². The Morgan fingerprint density at radius 2 is 1.59 bits per heavy atom. The average Bonchev–Trinajstić information content (AvgIpc) is 3.21. The lowest BCUT2D eigenvalue weighted by Gasteiger charge is -2.33. The SMILES string of the molecule is O=C1CSC2(C(=O)N(Cc3ccc(Cl)cc3)c3ccccc32)N1c1ccccc1. The Morgan fingerprint density at radius 3 is 2.34 bits per heavy atom. The van der Waals surface area contributed by atoms with Gasteiger partial charge in [-0.05, 0) is 35.9 Å². The van der Waals surface area contributed by atoms with E-state index in [1.807, 2.05) is 78.9 Å². The fraction of sp³-hybridized carbons (Fsp3) is 0.130. The number of halogens is 1. The van der Waals surface area contributed by atoms with Crippen molar-refractivity contribution in [3.8, 4) is 0 Å². The predicted molar refractivity (Wildman–Crippen MR) is 117 cm³/mol. The highest BCUT2D eigenvalue weighted by Crippen LogP contribution is 2.55. The van der Waals surface area contributed by atoms with E-state index in [1.54, 1.807) is 9.80 Å². The van der Waals surface area contributed by atoms with E-state index in [4.69, 9.17) is 11.6 Å². The van der Waals surface area contributed by atoms with Gasteiger partial charge in [0.15, 0.2) is 0 Å². The molecule has 0 aliphatic carbocycles. The summed E-state index contributed by atoms with van der Waals surface area (Å²) in [7, 11) is 0. The summed E-state index contributed by atoms with van der Waals surface area (Å²) in [6, 6.07) is 24.7. The molecule has 1 fully saturated rings. The summed E-state index contributed by atoms with van der Waals surface area (Å²) in [4.78, 5) is 29.2. The zero-order valence-corrected chi connectivity index (χ0v) is 17.0. The van der Waals surface area contributed by atoms with Crippen molar-refractivity contribution in [2.24, 2.45) is 0 Å². The molecule has 0 aromatic heterocycles. The summed E-state index contributed by atoms with van der Waals surface area (Å²) in [6.07, 6.45) is 0. The molecule has 3 aromatic carbocycles. The fourth-order valence-electron chi connectivity index (χ4n) is 4.06. The molecule has 2 aliphatic rings. The fourth-order valence-corrected chi connectivity index (χ4v) is 5.55. The molecule has 0 N–H and O–H groups in total. The number of carbonyl (C=O) groups excluding carboxylic acids is 2. The van der Waals surface area contributed by atoms with Crippen LogP contribution in [0.15, 0.2) is 78.9 Å². The lowest BCUT2D eigenvalue weighted by atomic mass is 10.0. The Kier molecular flexibility index (Phi) is 4.37. The second kappa shape index (κ2) is 6.94. The lowest BCUT2D eigenvalue weighted by Crippen LogP contribution is -2.49. The Hall–Kier alpha value is -2.76. The molecule has 0 radical (unpaired) electrons. The number of para-hydroxylation sites is 2. The van der Waals surface area contributed by atoms with Gasteiger partial charge in [-0.25, -0.2) is 0 Å². The first-order valence-electron chi connectivity index (χ1n) is 9.29. The molecule has 2 heterocycles. The molecular formula is C23H17ClN2O2S. The van der Waals surface area contributed by atoms with Gasteiger partial charge in [0.05, 0.1) is 18.0 Å². The van der Waals surface area contributed by atoms with Crippen molar-refractivity contribution in [2.75, 3.05) is 15.6 Å². The maximum atomic E-state index is 13.9. The standard InChI is InChI=1S/C23H17ClN2O2S/c24-17-12-10-16(11-13-17)14-25-20-9-5-4-8-19(20)23(22(25)28)26(21(27)15-29-23)18-6-2-1-3-7-18/h1-13H,14-15H2. The second-order valence-electron chi connectivity index (χ2n) is 7.03. The molecule has 2 aliphatic heterocycles. The van der Waals surface area contributed by atoms with E-state index in [0.29, 0.717) is 11.6 Å². The highest BCUT2D eigenvalue weighted by molar-refractivity contribution is 8.02. The van der Waals surface area contributed by atoms with Gasteiger partial charge in [-0.2, -0.15) is 0 Å². The van der Waals surface area contributed by atoms with Gasteiger partial charge in [0.2, 0.25) is 10.8 Å². The van der Waals surface area contributed by atoms with Crippen molar-refractivity contribution >= 4 is 46.6 Å². The van der Waals surface area contributed by atoms with Crippen LogP contribution >= 0.6 is 23.4 Å². The number of benzene rings is 3. The van der Waals surface area contributed by atoms with Gasteiger partial charge < -0.3 is 4.90 Å². The number of nitrogens with zero attached hydrogens (tertiary/aromatic N) is 2. The van der Waals surface area contributed by atoms with Crippen LogP contribution in [-0.2, 0) is 21.0 Å². The second-order valence-corrected chi connectivity index (χ2v) is 8.64. The maximum absolute atomic E-state index is 13.9. The zero-order chi connectivity index (χ0) is 20.0. The topological polar surface area (TPSA) is 40.6 Å². The summed E-state index contributed by atoms with van der Waals surface area (Å²) in [6.45, 7) is 0.423. The van der Waals surface area contributed by atoms with E-state index in [1.165, 1.54) is 11.8 Å². The van der Waals surface area contributed by atoms with Gasteiger partial charge in [0, 0.05) is 16.3 Å². The van der Waals surface area contributed by atoms with Crippen LogP contribution < -0.4 is 9.80 Å². The van der Waals surface area contributed by atoms with Crippen molar-refractivity contribution in [1.82, 2.24) is 0 Å². The first-order chi connectivity index (χ1) is 14.1. The van der Waals surface area contributed by atoms with Crippen molar-refractivity contribution in [3.05, 3.63) is 95.0 Å². The van der Waals surface area contributed by atoms with Gasteiger partial charge in [-0.3, -0.25) is 14.5 Å². The van der Waals surface area contributed by atoms with E-state index >= 15 is 0 Å². The van der Waals surface area contributed by atoms with E-state index in [0.717, 1.165) is 22.5 Å². The first kappa shape index (κ1) is 18.3. The number of amides is 2.